The minimum atomic E-state index is -0.0107. The third-order valence-electron chi connectivity index (χ3n) is 6.00. The largest absolute Gasteiger partial charge is 0.342 e. The zero-order chi connectivity index (χ0) is 21.1. The molecule has 5 nitrogen and oxygen atoms in total. The number of rotatable bonds is 7. The van der Waals surface area contributed by atoms with Crippen LogP contribution >= 0.6 is 0 Å². The second kappa shape index (κ2) is 8.74. The van der Waals surface area contributed by atoms with Crippen molar-refractivity contribution in [2.75, 3.05) is 18.4 Å². The first-order valence-electron chi connectivity index (χ1n) is 10.8. The van der Waals surface area contributed by atoms with Crippen molar-refractivity contribution in [1.82, 2.24) is 9.47 Å². The summed E-state index contributed by atoms with van der Waals surface area (Å²) >= 11 is 0. The van der Waals surface area contributed by atoms with E-state index in [2.05, 4.69) is 23.5 Å². The van der Waals surface area contributed by atoms with Gasteiger partial charge in [-0.05, 0) is 74.1 Å². The molecule has 2 aromatic carbocycles. The van der Waals surface area contributed by atoms with Crippen LogP contribution in [0.5, 0.6) is 0 Å². The molecule has 0 bridgehead atoms. The van der Waals surface area contributed by atoms with Gasteiger partial charge in [0.2, 0.25) is 11.8 Å². The maximum atomic E-state index is 12.5. The van der Waals surface area contributed by atoms with Crippen LogP contribution in [0.3, 0.4) is 0 Å². The maximum Gasteiger partial charge on any atom is 0.242 e. The van der Waals surface area contributed by atoms with E-state index in [1.807, 2.05) is 53.8 Å². The Morgan fingerprint density at radius 1 is 1.00 bits per heavy atom. The van der Waals surface area contributed by atoms with Crippen LogP contribution in [0.1, 0.15) is 37.0 Å². The van der Waals surface area contributed by atoms with E-state index in [0.29, 0.717) is 13.0 Å². The van der Waals surface area contributed by atoms with Crippen LogP contribution < -0.4 is 5.32 Å². The Bertz CT molecular complexity index is 1080. The normalized spacial score (nSPS) is 12.7. The van der Waals surface area contributed by atoms with Crippen molar-refractivity contribution < 1.29 is 9.59 Å². The minimum Gasteiger partial charge on any atom is -0.342 e. The van der Waals surface area contributed by atoms with Crippen molar-refractivity contribution in [3.63, 3.8) is 0 Å². The molecule has 0 fully saturated rings. The Kier molecular flexibility index (Phi) is 5.88. The van der Waals surface area contributed by atoms with E-state index in [1.54, 1.807) is 0 Å². The van der Waals surface area contributed by atoms with Crippen molar-refractivity contribution in [2.24, 2.45) is 0 Å². The fourth-order valence-corrected chi connectivity index (χ4v) is 4.36. The van der Waals surface area contributed by atoms with Crippen LogP contribution in [0.25, 0.3) is 10.9 Å². The summed E-state index contributed by atoms with van der Waals surface area (Å²) in [4.78, 5) is 26.8. The third-order valence-corrected chi connectivity index (χ3v) is 6.00. The van der Waals surface area contributed by atoms with E-state index in [0.717, 1.165) is 48.1 Å². The number of nitrogens with one attached hydrogen (secondary N) is 1. The van der Waals surface area contributed by atoms with E-state index in [4.69, 9.17) is 0 Å². The first kappa shape index (κ1) is 20.2. The second-order valence-electron chi connectivity index (χ2n) is 7.96. The van der Waals surface area contributed by atoms with Gasteiger partial charge in [0.15, 0.2) is 0 Å². The zero-order valence-electron chi connectivity index (χ0n) is 17.8. The fraction of sp³-hybridized carbons (Fsp3) is 0.360. The molecule has 1 aromatic heterocycles. The highest BCUT2D eigenvalue weighted by atomic mass is 16.2. The SMILES string of the molecule is CCN(CC)C(=O)Cn1ccc2cc(NC(=O)Cc3ccc4c(c3)CCC4)ccc21. The number of nitrogens with zero attached hydrogens (tertiary/aromatic N) is 2. The van der Waals surface area contributed by atoms with Gasteiger partial charge in [0.25, 0.3) is 0 Å². The molecule has 1 N–H and O–H groups in total. The highest BCUT2D eigenvalue weighted by Gasteiger charge is 2.14. The van der Waals surface area contributed by atoms with Crippen LogP contribution in [0.15, 0.2) is 48.7 Å². The maximum absolute atomic E-state index is 12.5. The van der Waals surface area contributed by atoms with Crippen molar-refractivity contribution >= 4 is 28.4 Å². The lowest BCUT2D eigenvalue weighted by molar-refractivity contribution is -0.131. The van der Waals surface area contributed by atoms with Gasteiger partial charge in [-0.3, -0.25) is 9.59 Å². The first-order valence-corrected chi connectivity index (χ1v) is 10.8. The van der Waals surface area contributed by atoms with Gasteiger partial charge in [0.1, 0.15) is 6.54 Å². The standard InChI is InChI=1S/C25H29N3O2/c1-3-27(4-2)25(30)17-28-13-12-21-16-22(10-11-23(21)28)26-24(29)15-18-8-9-19-6-5-7-20(19)14-18/h8-14,16H,3-7,15,17H2,1-2H3,(H,26,29). The number of amides is 2. The van der Waals surface area contributed by atoms with Gasteiger partial charge in [-0.25, -0.2) is 0 Å². The molecule has 156 valence electrons. The highest BCUT2D eigenvalue weighted by molar-refractivity contribution is 5.95. The zero-order valence-corrected chi connectivity index (χ0v) is 17.8. The molecule has 30 heavy (non-hydrogen) atoms. The Morgan fingerprint density at radius 2 is 1.80 bits per heavy atom. The van der Waals surface area contributed by atoms with Gasteiger partial charge in [0, 0.05) is 35.9 Å². The summed E-state index contributed by atoms with van der Waals surface area (Å²) in [6, 6.07) is 14.2. The molecule has 1 aliphatic rings. The van der Waals surface area contributed by atoms with Crippen molar-refractivity contribution in [3.8, 4) is 0 Å². The number of carbonyl (C=O) groups excluding carboxylic acids is 2. The Balaban J connectivity index is 1.42. The van der Waals surface area contributed by atoms with Crippen LogP contribution in [0.4, 0.5) is 5.69 Å². The van der Waals surface area contributed by atoms with E-state index < -0.39 is 0 Å². The average Bonchev–Trinajstić information content (AvgIpc) is 3.35. The lowest BCUT2D eigenvalue weighted by Gasteiger charge is -2.19. The van der Waals surface area contributed by atoms with Gasteiger partial charge in [0.05, 0.1) is 6.42 Å². The van der Waals surface area contributed by atoms with Crippen LogP contribution in [0.2, 0.25) is 0 Å². The van der Waals surface area contributed by atoms with Gasteiger partial charge >= 0.3 is 0 Å². The third kappa shape index (κ3) is 4.25. The fourth-order valence-electron chi connectivity index (χ4n) is 4.36. The molecule has 1 aliphatic carbocycles. The number of anilines is 1. The molecule has 4 rings (SSSR count). The summed E-state index contributed by atoms with van der Waals surface area (Å²) in [5.41, 5.74) is 5.65. The van der Waals surface area contributed by atoms with Crippen LogP contribution in [-0.2, 0) is 35.4 Å². The molecule has 0 unspecified atom stereocenters. The number of likely N-dealkylation sites (N-methyl/N-ethyl adjacent to an activating group) is 1. The predicted molar refractivity (Wildman–Crippen MR) is 121 cm³/mol. The van der Waals surface area contributed by atoms with Crippen molar-refractivity contribution in [2.45, 2.75) is 46.1 Å². The number of fused-ring (bicyclic) bond motifs is 2. The highest BCUT2D eigenvalue weighted by Crippen LogP contribution is 2.24. The van der Waals surface area contributed by atoms with E-state index in [-0.39, 0.29) is 11.8 Å². The lowest BCUT2D eigenvalue weighted by Crippen LogP contribution is -2.33. The number of benzene rings is 2. The topological polar surface area (TPSA) is 54.3 Å². The molecule has 0 aliphatic heterocycles. The van der Waals surface area contributed by atoms with E-state index in [9.17, 15) is 9.59 Å². The summed E-state index contributed by atoms with van der Waals surface area (Å²) in [5.74, 6) is 0.104. The molecule has 5 heteroatoms. The Hall–Kier alpha value is -3.08. The summed E-state index contributed by atoms with van der Waals surface area (Å²) in [6.45, 7) is 5.75. The van der Waals surface area contributed by atoms with Crippen molar-refractivity contribution in [3.05, 3.63) is 65.4 Å². The molecule has 0 radical (unpaired) electrons. The van der Waals surface area contributed by atoms with Gasteiger partial charge in [-0.15, -0.1) is 0 Å². The van der Waals surface area contributed by atoms with E-state index in [1.165, 1.54) is 17.5 Å². The summed E-state index contributed by atoms with van der Waals surface area (Å²) < 4.78 is 1.96. The monoisotopic (exact) mass is 403 g/mol. The molecule has 0 saturated carbocycles. The summed E-state index contributed by atoms with van der Waals surface area (Å²) in [6.07, 6.45) is 5.80. The second-order valence-corrected chi connectivity index (χ2v) is 7.96. The molecule has 0 spiro atoms. The number of carbonyl (C=O) groups is 2. The molecule has 1 heterocycles. The van der Waals surface area contributed by atoms with Gasteiger partial charge in [-0.1, -0.05) is 18.2 Å². The van der Waals surface area contributed by atoms with Crippen molar-refractivity contribution in [1.29, 1.82) is 0 Å². The predicted octanol–water partition coefficient (Wildman–Crippen LogP) is 4.18. The number of hydrogen-bond acceptors (Lipinski definition) is 2. The van der Waals surface area contributed by atoms with Gasteiger partial charge in [-0.2, -0.15) is 0 Å². The number of hydrogen-bond donors (Lipinski definition) is 1. The minimum absolute atomic E-state index is 0.0107. The van der Waals surface area contributed by atoms with E-state index >= 15 is 0 Å². The summed E-state index contributed by atoms with van der Waals surface area (Å²) in [5, 5.41) is 4.03. The first-order chi connectivity index (χ1) is 14.6. The number of aryl methyl sites for hydroxylation is 2. The number of aromatic nitrogens is 1. The van der Waals surface area contributed by atoms with Crippen LogP contribution in [-0.4, -0.2) is 34.4 Å². The molecular weight excluding hydrogens is 374 g/mol. The molecule has 3 aromatic rings. The van der Waals surface area contributed by atoms with Gasteiger partial charge < -0.3 is 14.8 Å². The molecular formula is C25H29N3O2. The smallest absolute Gasteiger partial charge is 0.242 e. The average molecular weight is 404 g/mol. The molecule has 2 amide bonds. The van der Waals surface area contributed by atoms with Crippen LogP contribution in [0, 0.1) is 0 Å². The quantitative estimate of drug-likeness (QED) is 0.643. The lowest BCUT2D eigenvalue weighted by atomic mass is 10.0. The Labute approximate surface area is 177 Å². The summed E-state index contributed by atoms with van der Waals surface area (Å²) in [7, 11) is 0. The molecule has 0 atom stereocenters. The molecule has 0 saturated heterocycles. The Morgan fingerprint density at radius 3 is 2.60 bits per heavy atom.